The van der Waals surface area contributed by atoms with E-state index in [1.54, 1.807) is 0 Å². The van der Waals surface area contributed by atoms with Gasteiger partial charge >= 0.3 is 0 Å². The Labute approximate surface area is 144 Å². The summed E-state index contributed by atoms with van der Waals surface area (Å²) in [6, 6.07) is 17.2. The third-order valence-electron chi connectivity index (χ3n) is 4.85. The topological polar surface area (TPSA) is 3.24 Å². The monoisotopic (exact) mass is 325 g/mol. The summed E-state index contributed by atoms with van der Waals surface area (Å²) >= 11 is 6.09. The van der Waals surface area contributed by atoms with Crippen LogP contribution in [0.2, 0.25) is 5.02 Å². The van der Waals surface area contributed by atoms with Gasteiger partial charge in [0.25, 0.3) is 0 Å². The second-order valence-corrected chi connectivity index (χ2v) is 7.32. The highest BCUT2D eigenvalue weighted by Crippen LogP contribution is 2.48. The fourth-order valence-electron chi connectivity index (χ4n) is 3.59. The van der Waals surface area contributed by atoms with E-state index in [1.807, 2.05) is 12.1 Å². The van der Waals surface area contributed by atoms with Crippen molar-refractivity contribution in [2.75, 3.05) is 20.6 Å². The molecule has 2 heteroatoms. The number of benzene rings is 2. The van der Waals surface area contributed by atoms with Gasteiger partial charge in [-0.15, -0.1) is 0 Å². The van der Waals surface area contributed by atoms with Gasteiger partial charge < -0.3 is 4.90 Å². The Morgan fingerprint density at radius 2 is 1.78 bits per heavy atom. The zero-order valence-corrected chi connectivity index (χ0v) is 14.9. The minimum Gasteiger partial charge on any atom is -0.309 e. The predicted molar refractivity (Wildman–Crippen MR) is 100 cm³/mol. The summed E-state index contributed by atoms with van der Waals surface area (Å²) in [5, 5.41) is 0.797. The van der Waals surface area contributed by atoms with E-state index in [0.29, 0.717) is 0 Å². The van der Waals surface area contributed by atoms with Crippen molar-refractivity contribution in [2.24, 2.45) is 0 Å². The van der Waals surface area contributed by atoms with Gasteiger partial charge in [-0.3, -0.25) is 0 Å². The molecule has 1 atom stereocenters. The molecule has 0 N–H and O–H groups in total. The lowest BCUT2D eigenvalue weighted by atomic mass is 9.76. The van der Waals surface area contributed by atoms with E-state index in [1.165, 1.54) is 22.3 Å². The molecule has 2 aromatic carbocycles. The third kappa shape index (κ3) is 3.22. The van der Waals surface area contributed by atoms with E-state index in [4.69, 9.17) is 11.6 Å². The summed E-state index contributed by atoms with van der Waals surface area (Å²) in [6.45, 7) is 3.43. The molecular weight excluding hydrogens is 302 g/mol. The summed E-state index contributed by atoms with van der Waals surface area (Å²) in [4.78, 5) is 2.23. The van der Waals surface area contributed by atoms with E-state index in [2.05, 4.69) is 68.4 Å². The number of fused-ring (bicyclic) bond motifs is 1. The minimum absolute atomic E-state index is 0.0284. The zero-order chi connectivity index (χ0) is 16.4. The highest BCUT2D eigenvalue weighted by atomic mass is 35.5. The Morgan fingerprint density at radius 1 is 1.09 bits per heavy atom. The average molecular weight is 326 g/mol. The summed E-state index contributed by atoms with van der Waals surface area (Å²) in [7, 11) is 4.25. The maximum atomic E-state index is 6.09. The molecule has 1 unspecified atom stereocenters. The molecule has 0 heterocycles. The van der Waals surface area contributed by atoms with Crippen molar-refractivity contribution in [3.8, 4) is 0 Å². The van der Waals surface area contributed by atoms with Gasteiger partial charge in [0.1, 0.15) is 0 Å². The first-order valence-corrected chi connectivity index (χ1v) is 8.58. The van der Waals surface area contributed by atoms with Crippen LogP contribution in [0, 0.1) is 0 Å². The van der Waals surface area contributed by atoms with Crippen molar-refractivity contribution in [3.63, 3.8) is 0 Å². The van der Waals surface area contributed by atoms with Gasteiger partial charge in [-0.2, -0.15) is 0 Å². The molecule has 23 heavy (non-hydrogen) atoms. The van der Waals surface area contributed by atoms with Crippen LogP contribution in [0.15, 0.2) is 54.6 Å². The first-order valence-electron chi connectivity index (χ1n) is 8.20. The lowest BCUT2D eigenvalue weighted by molar-refractivity contribution is 0.417. The second kappa shape index (κ2) is 6.51. The molecule has 0 radical (unpaired) electrons. The van der Waals surface area contributed by atoms with Gasteiger partial charge in [-0.05, 0) is 61.3 Å². The first-order chi connectivity index (χ1) is 11.0. The number of nitrogens with zero attached hydrogens (tertiary/aromatic N) is 1. The van der Waals surface area contributed by atoms with E-state index in [9.17, 15) is 0 Å². The van der Waals surface area contributed by atoms with Crippen LogP contribution in [0.5, 0.6) is 0 Å². The number of hydrogen-bond acceptors (Lipinski definition) is 1. The van der Waals surface area contributed by atoms with Crippen molar-refractivity contribution in [1.29, 1.82) is 0 Å². The van der Waals surface area contributed by atoms with Gasteiger partial charge in [0.05, 0.1) is 0 Å². The van der Waals surface area contributed by atoms with Gasteiger partial charge in [0.2, 0.25) is 0 Å². The Hall–Kier alpha value is -1.57. The number of rotatable bonds is 4. The van der Waals surface area contributed by atoms with Crippen LogP contribution in [0.25, 0.3) is 5.57 Å². The van der Waals surface area contributed by atoms with Gasteiger partial charge in [-0.25, -0.2) is 0 Å². The quantitative estimate of drug-likeness (QED) is 0.747. The number of allylic oxidation sites excluding steroid dienone is 1. The molecule has 0 bridgehead atoms. The molecule has 0 amide bonds. The van der Waals surface area contributed by atoms with Crippen molar-refractivity contribution in [2.45, 2.75) is 25.2 Å². The fraction of sp³-hybridized carbons (Fsp3) is 0.333. The summed E-state index contributed by atoms with van der Waals surface area (Å²) in [5.74, 6) is 0. The smallest absolute Gasteiger partial charge is 0.0406 e. The Bertz CT molecular complexity index is 715. The Morgan fingerprint density at radius 3 is 2.48 bits per heavy atom. The molecule has 3 rings (SSSR count). The molecule has 1 aliphatic carbocycles. The van der Waals surface area contributed by atoms with Crippen LogP contribution in [-0.2, 0) is 11.8 Å². The summed E-state index contributed by atoms with van der Waals surface area (Å²) < 4.78 is 0. The van der Waals surface area contributed by atoms with E-state index >= 15 is 0 Å². The molecule has 0 saturated carbocycles. The molecule has 2 aromatic rings. The molecule has 1 nitrogen and oxygen atoms in total. The average Bonchev–Trinajstić information content (AvgIpc) is 2.81. The largest absolute Gasteiger partial charge is 0.309 e. The zero-order valence-electron chi connectivity index (χ0n) is 14.1. The van der Waals surface area contributed by atoms with Crippen molar-refractivity contribution >= 4 is 17.2 Å². The predicted octanol–water partition coefficient (Wildman–Crippen LogP) is 5.19. The van der Waals surface area contributed by atoms with Gasteiger partial charge in [0.15, 0.2) is 0 Å². The molecule has 0 aromatic heterocycles. The first kappa shape index (κ1) is 16.3. The summed E-state index contributed by atoms with van der Waals surface area (Å²) in [6.07, 6.45) is 4.55. The van der Waals surface area contributed by atoms with E-state index < -0.39 is 0 Å². The van der Waals surface area contributed by atoms with Crippen molar-refractivity contribution < 1.29 is 0 Å². The summed E-state index contributed by atoms with van der Waals surface area (Å²) in [5.41, 5.74) is 5.68. The highest BCUT2D eigenvalue weighted by molar-refractivity contribution is 6.30. The number of hydrogen-bond donors (Lipinski definition) is 0. The Balaban J connectivity index is 2.03. The number of halogens is 1. The van der Waals surface area contributed by atoms with E-state index in [-0.39, 0.29) is 5.41 Å². The fourth-order valence-corrected chi connectivity index (χ4v) is 3.71. The van der Waals surface area contributed by atoms with E-state index in [0.717, 1.165) is 24.4 Å². The van der Waals surface area contributed by atoms with Crippen LogP contribution >= 0.6 is 11.6 Å². The van der Waals surface area contributed by atoms with Crippen LogP contribution in [-0.4, -0.2) is 25.5 Å². The van der Waals surface area contributed by atoms with Crippen LogP contribution in [0.1, 0.15) is 30.0 Å². The highest BCUT2D eigenvalue weighted by Gasteiger charge is 2.38. The molecule has 0 spiro atoms. The molecular formula is C21H24ClN. The molecule has 0 aliphatic heterocycles. The molecule has 0 saturated heterocycles. The molecule has 120 valence electrons. The van der Waals surface area contributed by atoms with Gasteiger partial charge in [-0.1, -0.05) is 61.0 Å². The molecule has 1 aliphatic rings. The second-order valence-electron chi connectivity index (χ2n) is 6.88. The Kier molecular flexibility index (Phi) is 4.61. The lowest BCUT2D eigenvalue weighted by Crippen LogP contribution is -2.22. The lowest BCUT2D eigenvalue weighted by Gasteiger charge is -2.27. The third-order valence-corrected chi connectivity index (χ3v) is 5.10. The minimum atomic E-state index is 0.0284. The maximum Gasteiger partial charge on any atom is 0.0406 e. The SMILES string of the molecule is CN(C)CCC=C1c2ccccc2CC1(C)c1ccc(Cl)cc1. The van der Waals surface area contributed by atoms with Crippen LogP contribution < -0.4 is 0 Å². The maximum absolute atomic E-state index is 6.09. The normalized spacial score (nSPS) is 21.9. The van der Waals surface area contributed by atoms with Crippen molar-refractivity contribution in [3.05, 3.63) is 76.3 Å². The van der Waals surface area contributed by atoms with Crippen molar-refractivity contribution in [1.82, 2.24) is 4.90 Å². The van der Waals surface area contributed by atoms with Crippen LogP contribution in [0.4, 0.5) is 0 Å². The van der Waals surface area contributed by atoms with Crippen LogP contribution in [0.3, 0.4) is 0 Å². The molecule has 0 fully saturated rings. The standard InChI is InChI=1S/C21H24ClN/c1-21(17-10-12-18(22)13-11-17)15-16-7-4-5-8-19(16)20(21)9-6-14-23(2)3/h4-5,7-13H,6,14-15H2,1-3H3. The van der Waals surface area contributed by atoms with Gasteiger partial charge in [0, 0.05) is 17.0 Å².